The normalized spacial score (nSPS) is 14.4. The molecule has 1 saturated heterocycles. The molecular weight excluding hydrogens is 377 g/mol. The van der Waals surface area contributed by atoms with Crippen LogP contribution in [0.4, 0.5) is 11.4 Å². The molecule has 0 atom stereocenters. The van der Waals surface area contributed by atoms with Gasteiger partial charge in [0.05, 0.1) is 11.3 Å². The molecule has 0 bridgehead atoms. The quantitative estimate of drug-likeness (QED) is 0.585. The highest BCUT2D eigenvalue weighted by Gasteiger charge is 2.23. The maximum absolute atomic E-state index is 12.5. The second kappa shape index (κ2) is 7.93. The Bertz CT molecular complexity index is 799. The number of carbonyl (C=O) groups excluding carboxylic acids is 1. The average Bonchev–Trinajstić information content (AvgIpc) is 2.65. The molecule has 26 heavy (non-hydrogen) atoms. The first kappa shape index (κ1) is 18.5. The van der Waals surface area contributed by atoms with Gasteiger partial charge in [0.2, 0.25) is 5.91 Å². The molecule has 0 aromatic heterocycles. The molecule has 0 aliphatic carbocycles. The van der Waals surface area contributed by atoms with Crippen LogP contribution >= 0.6 is 23.2 Å². The number of rotatable bonds is 4. The van der Waals surface area contributed by atoms with E-state index in [1.165, 1.54) is 12.1 Å². The van der Waals surface area contributed by atoms with Crippen LogP contribution in [-0.2, 0) is 11.2 Å². The number of piperazine rings is 1. The van der Waals surface area contributed by atoms with Crippen molar-refractivity contribution in [3.05, 3.63) is 68.2 Å². The Morgan fingerprint density at radius 1 is 1.00 bits per heavy atom. The summed E-state index contributed by atoms with van der Waals surface area (Å²) in [4.78, 5) is 26.8. The fourth-order valence-electron chi connectivity index (χ4n) is 2.96. The van der Waals surface area contributed by atoms with E-state index in [0.717, 1.165) is 5.69 Å². The van der Waals surface area contributed by atoms with Crippen LogP contribution in [0.25, 0.3) is 0 Å². The van der Waals surface area contributed by atoms with Crippen molar-refractivity contribution >= 4 is 40.5 Å². The summed E-state index contributed by atoms with van der Waals surface area (Å²) < 4.78 is 0. The first-order valence-corrected chi connectivity index (χ1v) is 8.91. The largest absolute Gasteiger partial charge is 0.368 e. The fourth-order valence-corrected chi connectivity index (χ4v) is 3.49. The molecule has 2 aromatic rings. The Balaban J connectivity index is 1.59. The number of amides is 1. The highest BCUT2D eigenvalue weighted by molar-refractivity contribution is 6.36. The van der Waals surface area contributed by atoms with Gasteiger partial charge in [-0.15, -0.1) is 0 Å². The van der Waals surface area contributed by atoms with Gasteiger partial charge in [-0.25, -0.2) is 0 Å². The van der Waals surface area contributed by atoms with Crippen LogP contribution in [0.15, 0.2) is 42.5 Å². The third kappa shape index (κ3) is 4.08. The van der Waals surface area contributed by atoms with Gasteiger partial charge in [0.15, 0.2) is 0 Å². The smallest absolute Gasteiger partial charge is 0.269 e. The van der Waals surface area contributed by atoms with Crippen LogP contribution in [-0.4, -0.2) is 41.9 Å². The maximum atomic E-state index is 12.5. The Morgan fingerprint density at radius 2 is 1.58 bits per heavy atom. The minimum atomic E-state index is -0.416. The molecule has 1 aliphatic heterocycles. The highest BCUT2D eigenvalue weighted by atomic mass is 35.5. The number of anilines is 1. The Hall–Kier alpha value is -2.31. The van der Waals surface area contributed by atoms with Gasteiger partial charge < -0.3 is 9.80 Å². The molecule has 8 heteroatoms. The molecule has 0 N–H and O–H groups in total. The molecule has 2 aromatic carbocycles. The van der Waals surface area contributed by atoms with Gasteiger partial charge >= 0.3 is 0 Å². The number of hydrogen-bond donors (Lipinski definition) is 0. The minimum absolute atomic E-state index is 0.0108. The predicted octanol–water partition coefficient (Wildman–Crippen LogP) is 3.79. The van der Waals surface area contributed by atoms with Crippen LogP contribution in [0.5, 0.6) is 0 Å². The van der Waals surface area contributed by atoms with Gasteiger partial charge in [-0.1, -0.05) is 29.3 Å². The summed E-state index contributed by atoms with van der Waals surface area (Å²) >= 11 is 12.3. The summed E-state index contributed by atoms with van der Waals surface area (Å²) in [5.74, 6) is -0.0108. The zero-order chi connectivity index (χ0) is 18.7. The second-order valence-electron chi connectivity index (χ2n) is 6.02. The van der Waals surface area contributed by atoms with E-state index in [2.05, 4.69) is 4.90 Å². The second-order valence-corrected chi connectivity index (χ2v) is 6.83. The maximum Gasteiger partial charge on any atom is 0.269 e. The molecule has 0 unspecified atom stereocenters. The van der Waals surface area contributed by atoms with Crippen LogP contribution in [0.3, 0.4) is 0 Å². The Labute approximate surface area is 161 Å². The number of halogens is 2. The first-order chi connectivity index (χ1) is 12.5. The van der Waals surface area contributed by atoms with Gasteiger partial charge in [0.1, 0.15) is 0 Å². The molecule has 1 fully saturated rings. The van der Waals surface area contributed by atoms with Crippen molar-refractivity contribution in [2.45, 2.75) is 6.42 Å². The number of non-ortho nitro benzene ring substituents is 1. The molecule has 136 valence electrons. The topological polar surface area (TPSA) is 66.7 Å². The van der Waals surface area contributed by atoms with E-state index in [9.17, 15) is 14.9 Å². The van der Waals surface area contributed by atoms with Gasteiger partial charge in [0.25, 0.3) is 5.69 Å². The van der Waals surface area contributed by atoms with Crippen LogP contribution < -0.4 is 4.90 Å². The van der Waals surface area contributed by atoms with Crippen molar-refractivity contribution in [3.63, 3.8) is 0 Å². The Morgan fingerprint density at radius 3 is 2.12 bits per heavy atom. The van der Waals surface area contributed by atoms with E-state index in [4.69, 9.17) is 23.2 Å². The van der Waals surface area contributed by atoms with Gasteiger partial charge in [-0.05, 0) is 29.8 Å². The number of hydrogen-bond acceptors (Lipinski definition) is 4. The van der Waals surface area contributed by atoms with E-state index in [-0.39, 0.29) is 18.0 Å². The summed E-state index contributed by atoms with van der Waals surface area (Å²) in [6.45, 7) is 2.50. The zero-order valence-corrected chi connectivity index (χ0v) is 15.4. The average molecular weight is 394 g/mol. The molecule has 1 amide bonds. The monoisotopic (exact) mass is 393 g/mol. The lowest BCUT2D eigenvalue weighted by molar-refractivity contribution is -0.384. The number of benzene rings is 2. The molecule has 0 radical (unpaired) electrons. The van der Waals surface area contributed by atoms with Crippen molar-refractivity contribution in [3.8, 4) is 0 Å². The van der Waals surface area contributed by atoms with Crippen molar-refractivity contribution in [2.24, 2.45) is 0 Å². The van der Waals surface area contributed by atoms with Crippen LogP contribution in [0.2, 0.25) is 10.0 Å². The molecular formula is C18H17Cl2N3O3. The zero-order valence-electron chi connectivity index (χ0n) is 13.9. The number of nitro benzene ring substituents is 1. The summed E-state index contributed by atoms with van der Waals surface area (Å²) in [6.07, 6.45) is 0.177. The standard InChI is InChI=1S/C18H17Cl2N3O3/c19-16-2-1-3-17(20)15(16)12-18(24)22-10-8-21(9-11-22)13-4-6-14(7-5-13)23(25)26/h1-7H,8-12H2. The lowest BCUT2D eigenvalue weighted by Crippen LogP contribution is -2.49. The van der Waals surface area contributed by atoms with Gasteiger partial charge in [0, 0.05) is 54.0 Å². The van der Waals surface area contributed by atoms with Crippen LogP contribution in [0, 0.1) is 10.1 Å². The molecule has 3 rings (SSSR count). The fraction of sp³-hybridized carbons (Fsp3) is 0.278. The van der Waals surface area contributed by atoms with Gasteiger partial charge in [-0.3, -0.25) is 14.9 Å². The van der Waals surface area contributed by atoms with E-state index >= 15 is 0 Å². The Kier molecular flexibility index (Phi) is 5.64. The molecule has 6 nitrogen and oxygen atoms in total. The van der Waals surface area contributed by atoms with E-state index in [0.29, 0.717) is 41.8 Å². The number of nitrogens with zero attached hydrogens (tertiary/aromatic N) is 3. The van der Waals surface area contributed by atoms with E-state index in [1.807, 2.05) is 0 Å². The van der Waals surface area contributed by atoms with E-state index in [1.54, 1.807) is 35.2 Å². The highest BCUT2D eigenvalue weighted by Crippen LogP contribution is 2.26. The minimum Gasteiger partial charge on any atom is -0.368 e. The molecule has 1 aliphatic rings. The summed E-state index contributed by atoms with van der Waals surface area (Å²) in [5, 5.41) is 11.7. The molecule has 0 saturated carbocycles. The van der Waals surface area contributed by atoms with Crippen LogP contribution in [0.1, 0.15) is 5.56 Å². The summed E-state index contributed by atoms with van der Waals surface area (Å²) in [6, 6.07) is 11.7. The van der Waals surface area contributed by atoms with Crippen molar-refractivity contribution in [1.29, 1.82) is 0 Å². The van der Waals surface area contributed by atoms with Gasteiger partial charge in [-0.2, -0.15) is 0 Å². The predicted molar refractivity (Wildman–Crippen MR) is 102 cm³/mol. The number of carbonyl (C=O) groups is 1. The SMILES string of the molecule is O=C(Cc1c(Cl)cccc1Cl)N1CCN(c2ccc([N+](=O)[O-])cc2)CC1. The van der Waals surface area contributed by atoms with Crippen molar-refractivity contribution in [2.75, 3.05) is 31.1 Å². The van der Waals surface area contributed by atoms with Crippen molar-refractivity contribution < 1.29 is 9.72 Å². The number of nitro groups is 1. The summed E-state index contributed by atoms with van der Waals surface area (Å²) in [5.41, 5.74) is 1.63. The molecule has 0 spiro atoms. The first-order valence-electron chi connectivity index (χ1n) is 8.16. The third-order valence-corrected chi connectivity index (χ3v) is 5.16. The van der Waals surface area contributed by atoms with Crippen molar-refractivity contribution in [1.82, 2.24) is 4.90 Å². The lowest BCUT2D eigenvalue weighted by Gasteiger charge is -2.36. The lowest BCUT2D eigenvalue weighted by atomic mass is 10.1. The van der Waals surface area contributed by atoms with E-state index < -0.39 is 4.92 Å². The molecule has 1 heterocycles. The third-order valence-electron chi connectivity index (χ3n) is 4.45. The summed E-state index contributed by atoms with van der Waals surface area (Å²) in [7, 11) is 0.